The Labute approximate surface area is 118 Å². The van der Waals surface area contributed by atoms with Gasteiger partial charge in [0.1, 0.15) is 0 Å². The van der Waals surface area contributed by atoms with Gasteiger partial charge in [0.05, 0.1) is 0 Å². The van der Waals surface area contributed by atoms with E-state index >= 15 is 0 Å². The summed E-state index contributed by atoms with van der Waals surface area (Å²) in [7, 11) is 4.38. The summed E-state index contributed by atoms with van der Waals surface area (Å²) >= 11 is 0. The lowest BCUT2D eigenvalue weighted by Crippen LogP contribution is -2.54. The Balaban J connectivity index is 2.32. The molecular formula is C17H28N2. The van der Waals surface area contributed by atoms with Crippen molar-refractivity contribution in [2.45, 2.75) is 51.1 Å². The molecule has 1 aliphatic carbocycles. The van der Waals surface area contributed by atoms with Crippen molar-refractivity contribution in [3.63, 3.8) is 0 Å². The number of aryl methyl sites for hydroxylation is 1. The molecule has 1 aliphatic rings. The Morgan fingerprint density at radius 2 is 1.79 bits per heavy atom. The van der Waals surface area contributed by atoms with Gasteiger partial charge in [0.25, 0.3) is 0 Å². The third-order valence-electron chi connectivity index (χ3n) is 5.13. The second kappa shape index (κ2) is 5.64. The number of rotatable bonds is 3. The fourth-order valence-electron chi connectivity index (χ4n) is 3.52. The molecule has 1 saturated carbocycles. The van der Waals surface area contributed by atoms with E-state index in [0.29, 0.717) is 0 Å². The van der Waals surface area contributed by atoms with Crippen LogP contribution >= 0.6 is 0 Å². The Hall–Kier alpha value is -0.860. The Morgan fingerprint density at radius 1 is 1.21 bits per heavy atom. The van der Waals surface area contributed by atoms with Gasteiger partial charge in [-0.15, -0.1) is 0 Å². The zero-order chi connectivity index (χ0) is 14.0. The molecule has 1 atom stereocenters. The van der Waals surface area contributed by atoms with Crippen molar-refractivity contribution in [3.05, 3.63) is 35.4 Å². The van der Waals surface area contributed by atoms with Crippen LogP contribution in [0.1, 0.15) is 49.8 Å². The molecule has 0 saturated heterocycles. The van der Waals surface area contributed by atoms with Gasteiger partial charge in [0.15, 0.2) is 0 Å². The predicted molar refractivity (Wildman–Crippen MR) is 82.2 cm³/mol. The van der Waals surface area contributed by atoms with Gasteiger partial charge in [-0.1, -0.05) is 31.2 Å². The van der Waals surface area contributed by atoms with Crippen LogP contribution in [-0.4, -0.2) is 24.5 Å². The molecule has 106 valence electrons. The molecule has 0 heterocycles. The quantitative estimate of drug-likeness (QED) is 0.901. The number of nitrogens with two attached hydrogens (primary N) is 1. The van der Waals surface area contributed by atoms with Crippen molar-refractivity contribution in [3.8, 4) is 0 Å². The van der Waals surface area contributed by atoms with E-state index in [2.05, 4.69) is 57.1 Å². The van der Waals surface area contributed by atoms with E-state index in [1.165, 1.54) is 36.8 Å². The monoisotopic (exact) mass is 260 g/mol. The highest BCUT2D eigenvalue weighted by atomic mass is 15.2. The van der Waals surface area contributed by atoms with E-state index in [1.807, 2.05) is 0 Å². The minimum Gasteiger partial charge on any atom is -0.322 e. The normalized spacial score (nSPS) is 29.5. The van der Waals surface area contributed by atoms with Crippen LogP contribution in [0.4, 0.5) is 0 Å². The third kappa shape index (κ3) is 2.70. The topological polar surface area (TPSA) is 29.3 Å². The van der Waals surface area contributed by atoms with Crippen LogP contribution in [0.2, 0.25) is 0 Å². The van der Waals surface area contributed by atoms with E-state index in [-0.39, 0.29) is 11.6 Å². The Bertz CT molecular complexity index is 417. The molecule has 0 amide bonds. The lowest BCUT2D eigenvalue weighted by molar-refractivity contribution is 0.0562. The highest BCUT2D eigenvalue weighted by Gasteiger charge is 2.42. The largest absolute Gasteiger partial charge is 0.322 e. The lowest BCUT2D eigenvalue weighted by Gasteiger charge is -2.49. The molecule has 19 heavy (non-hydrogen) atoms. The lowest BCUT2D eigenvalue weighted by atomic mass is 9.70. The Morgan fingerprint density at radius 3 is 2.32 bits per heavy atom. The minimum absolute atomic E-state index is 0.108. The smallest absolute Gasteiger partial charge is 0.0484 e. The van der Waals surface area contributed by atoms with Gasteiger partial charge >= 0.3 is 0 Å². The summed E-state index contributed by atoms with van der Waals surface area (Å²) in [5.41, 5.74) is 9.46. The van der Waals surface area contributed by atoms with Crippen molar-refractivity contribution in [1.82, 2.24) is 4.90 Å². The second-order valence-electron chi connectivity index (χ2n) is 6.51. The average molecular weight is 260 g/mol. The van der Waals surface area contributed by atoms with Crippen LogP contribution in [-0.2, 0) is 0 Å². The fourth-order valence-corrected chi connectivity index (χ4v) is 3.52. The van der Waals surface area contributed by atoms with Crippen molar-refractivity contribution >= 4 is 0 Å². The van der Waals surface area contributed by atoms with Gasteiger partial charge in [-0.3, -0.25) is 0 Å². The van der Waals surface area contributed by atoms with E-state index in [9.17, 15) is 0 Å². The van der Waals surface area contributed by atoms with Crippen LogP contribution in [0.3, 0.4) is 0 Å². The van der Waals surface area contributed by atoms with E-state index < -0.39 is 0 Å². The molecule has 1 fully saturated rings. The fraction of sp³-hybridized carbons (Fsp3) is 0.647. The molecule has 1 aromatic carbocycles. The SMILES string of the molecule is Cc1ccccc1C(N)C1(N(C)C)CCC(C)CC1. The summed E-state index contributed by atoms with van der Waals surface area (Å²) in [6, 6.07) is 8.68. The maximum atomic E-state index is 6.71. The molecule has 0 aromatic heterocycles. The number of hydrogen-bond donors (Lipinski definition) is 1. The van der Waals surface area contributed by atoms with Gasteiger partial charge in [-0.25, -0.2) is 0 Å². The zero-order valence-corrected chi connectivity index (χ0v) is 12.8. The molecular weight excluding hydrogens is 232 g/mol. The number of nitrogens with zero attached hydrogens (tertiary/aromatic N) is 1. The number of benzene rings is 1. The summed E-state index contributed by atoms with van der Waals surface area (Å²) in [5.74, 6) is 0.845. The van der Waals surface area contributed by atoms with Gasteiger partial charge in [0.2, 0.25) is 0 Å². The predicted octanol–water partition coefficient (Wildman–Crippen LogP) is 3.51. The van der Waals surface area contributed by atoms with Crippen LogP contribution < -0.4 is 5.73 Å². The minimum atomic E-state index is 0.108. The molecule has 2 N–H and O–H groups in total. The van der Waals surface area contributed by atoms with Gasteiger partial charge in [0, 0.05) is 11.6 Å². The molecule has 0 aliphatic heterocycles. The third-order valence-corrected chi connectivity index (χ3v) is 5.13. The first-order valence-electron chi connectivity index (χ1n) is 7.46. The highest BCUT2D eigenvalue weighted by molar-refractivity contribution is 5.31. The van der Waals surface area contributed by atoms with Crippen molar-refractivity contribution in [2.24, 2.45) is 11.7 Å². The summed E-state index contributed by atoms with van der Waals surface area (Å²) < 4.78 is 0. The summed E-state index contributed by atoms with van der Waals surface area (Å²) in [4.78, 5) is 2.37. The van der Waals surface area contributed by atoms with Gasteiger partial charge in [-0.2, -0.15) is 0 Å². The number of hydrogen-bond acceptors (Lipinski definition) is 2. The molecule has 0 spiro atoms. The van der Waals surface area contributed by atoms with Gasteiger partial charge < -0.3 is 10.6 Å². The maximum Gasteiger partial charge on any atom is 0.0484 e. The zero-order valence-electron chi connectivity index (χ0n) is 12.8. The molecule has 2 rings (SSSR count). The first kappa shape index (κ1) is 14.5. The van der Waals surface area contributed by atoms with Gasteiger partial charge in [-0.05, 0) is 63.7 Å². The molecule has 1 unspecified atom stereocenters. The van der Waals surface area contributed by atoms with Crippen LogP contribution in [0.25, 0.3) is 0 Å². The van der Waals surface area contributed by atoms with E-state index in [1.54, 1.807) is 0 Å². The van der Waals surface area contributed by atoms with Crippen molar-refractivity contribution < 1.29 is 0 Å². The molecule has 1 aromatic rings. The summed E-state index contributed by atoms with van der Waals surface area (Å²) in [6.45, 7) is 4.53. The van der Waals surface area contributed by atoms with Crippen molar-refractivity contribution in [2.75, 3.05) is 14.1 Å². The van der Waals surface area contributed by atoms with Crippen LogP contribution in [0, 0.1) is 12.8 Å². The summed E-state index contributed by atoms with van der Waals surface area (Å²) in [5, 5.41) is 0. The van der Waals surface area contributed by atoms with Crippen LogP contribution in [0.15, 0.2) is 24.3 Å². The highest BCUT2D eigenvalue weighted by Crippen LogP contribution is 2.43. The number of likely N-dealkylation sites (N-methyl/N-ethyl adjacent to an activating group) is 1. The molecule has 0 radical (unpaired) electrons. The van der Waals surface area contributed by atoms with E-state index in [0.717, 1.165) is 5.92 Å². The standard InChI is InChI=1S/C17H28N2/c1-13-9-11-17(12-10-13,19(3)4)16(18)15-8-6-5-7-14(15)2/h5-8,13,16H,9-12,18H2,1-4H3. The average Bonchev–Trinajstić information content (AvgIpc) is 2.39. The van der Waals surface area contributed by atoms with Crippen molar-refractivity contribution in [1.29, 1.82) is 0 Å². The molecule has 2 heteroatoms. The van der Waals surface area contributed by atoms with Crippen LogP contribution in [0.5, 0.6) is 0 Å². The first-order chi connectivity index (χ1) is 8.97. The van der Waals surface area contributed by atoms with E-state index in [4.69, 9.17) is 5.73 Å². The molecule has 2 nitrogen and oxygen atoms in total. The second-order valence-corrected chi connectivity index (χ2v) is 6.51. The first-order valence-corrected chi connectivity index (χ1v) is 7.46. The maximum absolute atomic E-state index is 6.71. The molecule has 0 bridgehead atoms. The Kier molecular flexibility index (Phi) is 4.32. The summed E-state index contributed by atoms with van der Waals surface area (Å²) in [6.07, 6.45) is 4.99.